The van der Waals surface area contributed by atoms with Gasteiger partial charge in [-0.05, 0) is 31.5 Å². The molecule has 1 atom stereocenters. The number of hydrogen-bond acceptors (Lipinski definition) is 4. The Balaban J connectivity index is 1.92. The number of aryl methyl sites for hydroxylation is 1. The number of fused-ring (bicyclic) bond motifs is 1. The first-order chi connectivity index (χ1) is 14.9. The van der Waals surface area contributed by atoms with E-state index >= 15 is 0 Å². The largest absolute Gasteiger partial charge is 0.507 e. The molecular weight excluding hydrogens is 460 g/mol. The average Bonchev–Trinajstić information content (AvgIpc) is 3.21. The molecule has 0 saturated carbocycles. The second-order valence-corrected chi connectivity index (χ2v) is 8.47. The van der Waals surface area contributed by atoms with E-state index in [4.69, 9.17) is 4.74 Å². The highest BCUT2D eigenvalue weighted by Crippen LogP contribution is 2.43. The molecule has 31 heavy (non-hydrogen) atoms. The van der Waals surface area contributed by atoms with E-state index in [0.717, 1.165) is 26.6 Å². The highest BCUT2D eigenvalue weighted by molar-refractivity contribution is 9.10. The van der Waals surface area contributed by atoms with Gasteiger partial charge in [-0.25, -0.2) is 0 Å². The molecular formula is C24H23BrN2O4. The summed E-state index contributed by atoms with van der Waals surface area (Å²) in [7, 11) is 1.60. The molecule has 0 bridgehead atoms. The molecule has 0 radical (unpaired) electrons. The number of amides is 1. The van der Waals surface area contributed by atoms with Gasteiger partial charge in [0, 0.05) is 52.5 Å². The molecule has 0 aliphatic carbocycles. The van der Waals surface area contributed by atoms with Crippen molar-refractivity contribution >= 4 is 44.3 Å². The molecule has 2 aromatic carbocycles. The van der Waals surface area contributed by atoms with Gasteiger partial charge >= 0.3 is 0 Å². The number of nitrogens with one attached hydrogen (secondary N) is 1. The van der Waals surface area contributed by atoms with E-state index in [1.54, 1.807) is 36.3 Å². The molecule has 1 fully saturated rings. The number of nitrogens with zero attached hydrogens (tertiary/aromatic N) is 1. The first kappa shape index (κ1) is 21.3. The summed E-state index contributed by atoms with van der Waals surface area (Å²) in [5.74, 6) is -1.45. The number of Topliss-reactive ketones (excluding diaryl/α,β-unsaturated/α-hetero) is 1. The van der Waals surface area contributed by atoms with Gasteiger partial charge in [-0.1, -0.05) is 46.3 Å². The van der Waals surface area contributed by atoms with Crippen molar-refractivity contribution in [1.82, 2.24) is 9.88 Å². The number of halogens is 1. The van der Waals surface area contributed by atoms with Gasteiger partial charge in [-0.15, -0.1) is 0 Å². The van der Waals surface area contributed by atoms with Crippen molar-refractivity contribution in [3.05, 3.63) is 75.4 Å². The number of aromatic nitrogens is 1. The van der Waals surface area contributed by atoms with Crippen LogP contribution in [0.5, 0.6) is 0 Å². The van der Waals surface area contributed by atoms with E-state index in [1.807, 2.05) is 31.2 Å². The van der Waals surface area contributed by atoms with Crippen LogP contribution in [0.15, 0.2) is 58.6 Å². The van der Waals surface area contributed by atoms with E-state index in [0.29, 0.717) is 25.1 Å². The lowest BCUT2D eigenvalue weighted by atomic mass is 9.93. The SMILES string of the molecule is COCCCN1C(=O)C(=O)/C(=C(/O)c2ccc(Br)cc2)C1c1c(C)[nH]c2ccccc12. The molecule has 3 aromatic rings. The third-order valence-electron chi connectivity index (χ3n) is 5.62. The Morgan fingerprint density at radius 1 is 1.16 bits per heavy atom. The van der Waals surface area contributed by atoms with Crippen LogP contribution in [-0.2, 0) is 14.3 Å². The predicted molar refractivity (Wildman–Crippen MR) is 123 cm³/mol. The number of methoxy groups -OCH3 is 1. The number of carbonyl (C=O) groups is 2. The molecule has 4 rings (SSSR count). The quantitative estimate of drug-likeness (QED) is 0.231. The fraction of sp³-hybridized carbons (Fsp3) is 0.250. The number of carbonyl (C=O) groups excluding carboxylic acids is 2. The number of rotatable bonds is 6. The highest BCUT2D eigenvalue weighted by atomic mass is 79.9. The Labute approximate surface area is 188 Å². The first-order valence-corrected chi connectivity index (χ1v) is 10.8. The van der Waals surface area contributed by atoms with Crippen LogP contribution >= 0.6 is 15.9 Å². The minimum Gasteiger partial charge on any atom is -0.507 e. The van der Waals surface area contributed by atoms with Crippen molar-refractivity contribution in [2.75, 3.05) is 20.3 Å². The van der Waals surface area contributed by atoms with Crippen LogP contribution in [0.2, 0.25) is 0 Å². The van der Waals surface area contributed by atoms with Gasteiger partial charge in [0.25, 0.3) is 11.7 Å². The van der Waals surface area contributed by atoms with Crippen LogP contribution in [0.25, 0.3) is 16.7 Å². The Hall–Kier alpha value is -2.90. The van der Waals surface area contributed by atoms with E-state index in [1.165, 1.54) is 0 Å². The summed E-state index contributed by atoms with van der Waals surface area (Å²) in [6.07, 6.45) is 0.583. The Kier molecular flexibility index (Phi) is 5.98. The number of ketones is 1. The molecule has 0 spiro atoms. The molecule has 1 saturated heterocycles. The number of H-pyrrole nitrogens is 1. The van der Waals surface area contributed by atoms with Crippen LogP contribution in [0.1, 0.15) is 29.3 Å². The topological polar surface area (TPSA) is 82.6 Å². The Morgan fingerprint density at radius 3 is 2.58 bits per heavy atom. The maximum atomic E-state index is 13.1. The van der Waals surface area contributed by atoms with E-state index in [9.17, 15) is 14.7 Å². The van der Waals surface area contributed by atoms with Crippen molar-refractivity contribution < 1.29 is 19.4 Å². The van der Waals surface area contributed by atoms with Crippen LogP contribution in [0, 0.1) is 6.92 Å². The summed E-state index contributed by atoms with van der Waals surface area (Å²) in [6.45, 7) is 2.73. The summed E-state index contributed by atoms with van der Waals surface area (Å²) in [4.78, 5) is 31.0. The monoisotopic (exact) mass is 482 g/mol. The summed E-state index contributed by atoms with van der Waals surface area (Å²) in [5, 5.41) is 12.1. The third kappa shape index (κ3) is 3.79. The van der Waals surface area contributed by atoms with Gasteiger partial charge in [-0.3, -0.25) is 9.59 Å². The zero-order valence-corrected chi connectivity index (χ0v) is 18.9. The average molecular weight is 483 g/mol. The van der Waals surface area contributed by atoms with Crippen LogP contribution in [0.3, 0.4) is 0 Å². The third-order valence-corrected chi connectivity index (χ3v) is 6.15. The zero-order valence-electron chi connectivity index (χ0n) is 17.3. The van der Waals surface area contributed by atoms with Crippen LogP contribution in [0.4, 0.5) is 0 Å². The Morgan fingerprint density at radius 2 is 1.87 bits per heavy atom. The maximum Gasteiger partial charge on any atom is 0.295 e. The molecule has 1 aliphatic rings. The fourth-order valence-corrected chi connectivity index (χ4v) is 4.47. The summed E-state index contributed by atoms with van der Waals surface area (Å²) in [5.41, 5.74) is 3.19. The number of hydrogen-bond donors (Lipinski definition) is 2. The van der Waals surface area contributed by atoms with Crippen molar-refractivity contribution in [1.29, 1.82) is 0 Å². The van der Waals surface area contributed by atoms with Gasteiger partial charge in [0.15, 0.2) is 0 Å². The minimum absolute atomic E-state index is 0.109. The molecule has 160 valence electrons. The van der Waals surface area contributed by atoms with Crippen molar-refractivity contribution in [3.63, 3.8) is 0 Å². The molecule has 1 unspecified atom stereocenters. The molecule has 1 aliphatic heterocycles. The van der Waals surface area contributed by atoms with Gasteiger partial charge in [0.05, 0.1) is 11.6 Å². The number of aromatic amines is 1. The van der Waals surface area contributed by atoms with Crippen LogP contribution in [-0.4, -0.2) is 46.9 Å². The molecule has 6 nitrogen and oxygen atoms in total. The lowest BCUT2D eigenvalue weighted by Crippen LogP contribution is -2.31. The Bertz CT molecular complexity index is 1180. The van der Waals surface area contributed by atoms with E-state index in [2.05, 4.69) is 20.9 Å². The summed E-state index contributed by atoms with van der Waals surface area (Å²) >= 11 is 3.38. The van der Waals surface area contributed by atoms with Gasteiger partial charge in [0.2, 0.25) is 0 Å². The molecule has 1 aromatic heterocycles. The van der Waals surface area contributed by atoms with Crippen LogP contribution < -0.4 is 0 Å². The number of aliphatic hydroxyl groups excluding tert-OH is 1. The van der Waals surface area contributed by atoms with Crippen molar-refractivity contribution in [2.45, 2.75) is 19.4 Å². The second-order valence-electron chi connectivity index (χ2n) is 7.55. The van der Waals surface area contributed by atoms with Gasteiger partial charge in [0.1, 0.15) is 5.76 Å². The number of likely N-dealkylation sites (tertiary alicyclic amines) is 1. The molecule has 2 heterocycles. The first-order valence-electron chi connectivity index (χ1n) is 10.0. The lowest BCUT2D eigenvalue weighted by molar-refractivity contribution is -0.140. The standard InChI is InChI=1S/C24H23BrN2O4/c1-14-19(17-6-3-4-7-18(17)26-14)21-20(22(28)15-8-10-16(25)11-9-15)23(29)24(30)27(21)12-5-13-31-2/h3-4,6-11,21,26,28H,5,12-13H2,1-2H3/b22-20+. The van der Waals surface area contributed by atoms with Gasteiger partial charge < -0.3 is 19.7 Å². The fourth-order valence-electron chi connectivity index (χ4n) is 4.20. The van der Waals surface area contributed by atoms with Crippen molar-refractivity contribution in [2.24, 2.45) is 0 Å². The van der Waals surface area contributed by atoms with Gasteiger partial charge in [-0.2, -0.15) is 0 Å². The number of aliphatic hydroxyl groups is 1. The maximum absolute atomic E-state index is 13.1. The molecule has 7 heteroatoms. The minimum atomic E-state index is -0.684. The zero-order chi connectivity index (χ0) is 22.1. The molecule has 1 amide bonds. The highest BCUT2D eigenvalue weighted by Gasteiger charge is 2.47. The summed E-state index contributed by atoms with van der Waals surface area (Å²) < 4.78 is 6.00. The number of benzene rings is 2. The smallest absolute Gasteiger partial charge is 0.295 e. The van der Waals surface area contributed by atoms with E-state index in [-0.39, 0.29) is 11.3 Å². The molecule has 2 N–H and O–H groups in total. The number of ether oxygens (including phenoxy) is 1. The predicted octanol–water partition coefficient (Wildman–Crippen LogP) is 4.70. The van der Waals surface area contributed by atoms with E-state index < -0.39 is 17.7 Å². The summed E-state index contributed by atoms with van der Waals surface area (Å²) in [6, 6.07) is 14.1. The normalized spacial score (nSPS) is 18.3. The van der Waals surface area contributed by atoms with Crippen molar-refractivity contribution in [3.8, 4) is 0 Å². The second kappa shape index (κ2) is 8.69. The number of para-hydroxylation sites is 1. The lowest BCUT2D eigenvalue weighted by Gasteiger charge is -2.25.